The molecule has 1 aromatic heterocycles. The number of aromatic nitrogens is 2. The molecule has 0 amide bonds. The van der Waals surface area contributed by atoms with Gasteiger partial charge >= 0.3 is 0 Å². The lowest BCUT2D eigenvalue weighted by Gasteiger charge is -2.15. The first-order valence-corrected chi connectivity index (χ1v) is 14.5. The van der Waals surface area contributed by atoms with Crippen LogP contribution in [0.4, 0.5) is 0 Å². The van der Waals surface area contributed by atoms with E-state index in [1.54, 1.807) is 18.3 Å². The molecule has 0 unspecified atom stereocenters. The molecule has 40 heavy (non-hydrogen) atoms. The van der Waals surface area contributed by atoms with E-state index >= 15 is 0 Å². The zero-order chi connectivity index (χ0) is 28.1. The van der Waals surface area contributed by atoms with E-state index < -0.39 is 0 Å². The van der Waals surface area contributed by atoms with Crippen LogP contribution < -0.4 is 15.0 Å². The van der Waals surface area contributed by atoms with Crippen molar-refractivity contribution >= 4 is 55.4 Å². The van der Waals surface area contributed by atoms with Gasteiger partial charge in [0, 0.05) is 10.9 Å². The van der Waals surface area contributed by atoms with Gasteiger partial charge in [0.2, 0.25) is 0 Å². The van der Waals surface area contributed by atoms with E-state index in [-0.39, 0.29) is 5.56 Å². The maximum atomic E-state index is 13.4. The Balaban J connectivity index is 1.48. The fourth-order valence-electron chi connectivity index (χ4n) is 4.57. The first-order chi connectivity index (χ1) is 19.5. The minimum Gasteiger partial charge on any atom is -0.490 e. The first kappa shape index (κ1) is 27.9. The first-order valence-electron chi connectivity index (χ1n) is 13.3. The topological polar surface area (TPSA) is 65.7 Å². The normalized spacial score (nSPS) is 11.5. The molecule has 0 atom stereocenters. The molecular weight excluding hydrogens is 590 g/mol. The van der Waals surface area contributed by atoms with E-state index in [1.165, 1.54) is 4.68 Å². The van der Waals surface area contributed by atoms with Crippen molar-refractivity contribution in [3.63, 3.8) is 0 Å². The molecule has 0 bridgehead atoms. The van der Waals surface area contributed by atoms with Crippen molar-refractivity contribution < 1.29 is 9.47 Å². The second-order valence-corrected chi connectivity index (χ2v) is 10.7. The van der Waals surface area contributed by atoms with Gasteiger partial charge in [-0.05, 0) is 65.6 Å². The number of ether oxygens (including phenoxy) is 2. The third kappa shape index (κ3) is 6.06. The van der Waals surface area contributed by atoms with Crippen LogP contribution >= 0.6 is 27.5 Å². The molecule has 5 aromatic rings. The van der Waals surface area contributed by atoms with Crippen molar-refractivity contribution in [3.05, 3.63) is 110 Å². The summed E-state index contributed by atoms with van der Waals surface area (Å²) in [4.78, 5) is 18.1. The van der Waals surface area contributed by atoms with Gasteiger partial charge in [-0.1, -0.05) is 83.3 Å². The highest BCUT2D eigenvalue weighted by molar-refractivity contribution is 9.10. The molecule has 6 nitrogen and oxygen atoms in total. The average molecular weight is 619 g/mol. The minimum atomic E-state index is -0.222. The smallest absolute Gasteiger partial charge is 0.282 e. The lowest BCUT2D eigenvalue weighted by molar-refractivity contribution is 0.270. The van der Waals surface area contributed by atoms with Crippen molar-refractivity contribution in [3.8, 4) is 11.5 Å². The second-order valence-electron chi connectivity index (χ2n) is 9.34. The van der Waals surface area contributed by atoms with Gasteiger partial charge in [-0.15, -0.1) is 0 Å². The van der Waals surface area contributed by atoms with Crippen molar-refractivity contribution in [2.75, 3.05) is 6.61 Å². The van der Waals surface area contributed by atoms with Crippen LogP contribution in [0.5, 0.6) is 11.5 Å². The highest BCUT2D eigenvalue weighted by atomic mass is 79.9. The number of hydrogen-bond donors (Lipinski definition) is 0. The summed E-state index contributed by atoms with van der Waals surface area (Å²) in [6.45, 7) is 4.78. The third-order valence-electron chi connectivity index (χ3n) is 6.54. The number of halogens is 2. The summed E-state index contributed by atoms with van der Waals surface area (Å²) in [6, 6.07) is 23.4. The Hall–Kier alpha value is -3.68. The highest BCUT2D eigenvalue weighted by Crippen LogP contribution is 2.37. The van der Waals surface area contributed by atoms with Gasteiger partial charge in [0.25, 0.3) is 5.56 Å². The van der Waals surface area contributed by atoms with E-state index in [9.17, 15) is 4.79 Å². The van der Waals surface area contributed by atoms with Gasteiger partial charge in [0.15, 0.2) is 11.5 Å². The lowest BCUT2D eigenvalue weighted by Crippen LogP contribution is -2.22. The zero-order valence-electron chi connectivity index (χ0n) is 22.4. The van der Waals surface area contributed by atoms with E-state index in [0.29, 0.717) is 58.4 Å². The summed E-state index contributed by atoms with van der Waals surface area (Å²) in [7, 11) is 0. The van der Waals surface area contributed by atoms with Crippen LogP contribution in [0.25, 0.3) is 21.7 Å². The number of nitrogens with zero attached hydrogens (tertiary/aromatic N) is 3. The molecule has 0 N–H and O–H groups in total. The van der Waals surface area contributed by atoms with Crippen LogP contribution in [0.1, 0.15) is 43.6 Å². The standard InChI is InChI=1S/C32H29BrClN3O3/c1-3-5-13-30-36-28-15-14-24(33)18-26(28)32(38)37(30)35-19-21-16-27(34)31(29(17-21)39-4-2)40-20-23-11-8-10-22-9-6-7-12-25(22)23/h6-12,14-19H,3-5,13,20H2,1-2H3. The molecule has 0 radical (unpaired) electrons. The van der Waals surface area contributed by atoms with E-state index in [2.05, 4.69) is 46.2 Å². The Labute approximate surface area is 246 Å². The van der Waals surface area contributed by atoms with Gasteiger partial charge in [-0.25, -0.2) is 4.98 Å². The molecule has 0 aliphatic heterocycles. The predicted octanol–water partition coefficient (Wildman–Crippen LogP) is 8.17. The monoisotopic (exact) mass is 617 g/mol. The van der Waals surface area contributed by atoms with Gasteiger partial charge < -0.3 is 9.47 Å². The molecule has 0 aliphatic carbocycles. The van der Waals surface area contributed by atoms with E-state index in [0.717, 1.165) is 33.7 Å². The highest BCUT2D eigenvalue weighted by Gasteiger charge is 2.15. The van der Waals surface area contributed by atoms with Crippen LogP contribution in [0, 0.1) is 0 Å². The lowest BCUT2D eigenvalue weighted by atomic mass is 10.1. The summed E-state index contributed by atoms with van der Waals surface area (Å²) < 4.78 is 14.3. The largest absolute Gasteiger partial charge is 0.490 e. The second kappa shape index (κ2) is 12.7. The molecular formula is C32H29BrClN3O3. The Bertz CT molecular complexity index is 1760. The molecule has 5 rings (SSSR count). The van der Waals surface area contributed by atoms with Crippen LogP contribution in [-0.2, 0) is 13.0 Å². The quantitative estimate of drug-likeness (QED) is 0.148. The summed E-state index contributed by atoms with van der Waals surface area (Å²) in [5, 5.41) is 7.72. The predicted molar refractivity (Wildman–Crippen MR) is 166 cm³/mol. The summed E-state index contributed by atoms with van der Waals surface area (Å²) in [5.74, 6) is 1.59. The molecule has 204 valence electrons. The van der Waals surface area contributed by atoms with Crippen LogP contribution in [0.15, 0.2) is 87.2 Å². The number of unbranched alkanes of at least 4 members (excludes halogenated alkanes) is 1. The van der Waals surface area contributed by atoms with Crippen molar-refractivity contribution in [2.45, 2.75) is 39.7 Å². The van der Waals surface area contributed by atoms with Crippen LogP contribution in [0.2, 0.25) is 5.02 Å². The molecule has 0 saturated heterocycles. The number of aryl methyl sites for hydroxylation is 1. The number of rotatable bonds is 10. The average Bonchev–Trinajstić information content (AvgIpc) is 2.96. The number of hydrogen-bond acceptors (Lipinski definition) is 5. The fourth-order valence-corrected chi connectivity index (χ4v) is 5.20. The Morgan fingerprint density at radius 2 is 1.82 bits per heavy atom. The Morgan fingerprint density at radius 1 is 1.00 bits per heavy atom. The molecule has 4 aromatic carbocycles. The Morgan fingerprint density at radius 3 is 2.65 bits per heavy atom. The minimum absolute atomic E-state index is 0.222. The van der Waals surface area contributed by atoms with Crippen molar-refractivity contribution in [1.29, 1.82) is 0 Å². The van der Waals surface area contributed by atoms with Gasteiger partial charge in [0.1, 0.15) is 12.4 Å². The summed E-state index contributed by atoms with van der Waals surface area (Å²) in [6.07, 6.45) is 4.12. The van der Waals surface area contributed by atoms with Gasteiger partial charge in [-0.2, -0.15) is 9.78 Å². The van der Waals surface area contributed by atoms with Crippen LogP contribution in [-0.4, -0.2) is 22.5 Å². The Kier molecular flexibility index (Phi) is 8.82. The molecule has 0 saturated carbocycles. The van der Waals surface area contributed by atoms with Gasteiger partial charge in [-0.3, -0.25) is 4.79 Å². The van der Waals surface area contributed by atoms with Crippen molar-refractivity contribution in [2.24, 2.45) is 5.10 Å². The SMILES string of the molecule is CCCCc1nc2ccc(Br)cc2c(=O)n1N=Cc1cc(Cl)c(OCc2cccc3ccccc23)c(OCC)c1. The number of benzene rings is 4. The molecule has 0 fully saturated rings. The fraction of sp³-hybridized carbons (Fsp3) is 0.219. The van der Waals surface area contributed by atoms with Gasteiger partial charge in [0.05, 0.1) is 28.7 Å². The maximum absolute atomic E-state index is 13.4. The maximum Gasteiger partial charge on any atom is 0.282 e. The van der Waals surface area contributed by atoms with Crippen molar-refractivity contribution in [1.82, 2.24) is 9.66 Å². The third-order valence-corrected chi connectivity index (χ3v) is 7.31. The molecule has 0 aliphatic rings. The van der Waals surface area contributed by atoms with E-state index in [1.807, 2.05) is 49.4 Å². The molecule has 1 heterocycles. The molecule has 8 heteroatoms. The van der Waals surface area contributed by atoms with Crippen LogP contribution in [0.3, 0.4) is 0 Å². The van der Waals surface area contributed by atoms with E-state index in [4.69, 9.17) is 26.1 Å². The number of fused-ring (bicyclic) bond motifs is 2. The summed E-state index contributed by atoms with van der Waals surface area (Å²) in [5.41, 5.74) is 2.16. The molecule has 0 spiro atoms. The zero-order valence-corrected chi connectivity index (χ0v) is 24.7. The summed E-state index contributed by atoms with van der Waals surface area (Å²) >= 11 is 10.2.